The molecule has 0 aliphatic carbocycles. The Morgan fingerprint density at radius 3 is 2.24 bits per heavy atom. The van der Waals surface area contributed by atoms with Gasteiger partial charge in [-0.15, -0.1) is 0 Å². The second kappa shape index (κ2) is 9.41. The number of ether oxygens (including phenoxy) is 1. The number of hydrogen-bond acceptors (Lipinski definition) is 5. The van der Waals surface area contributed by atoms with Gasteiger partial charge in [-0.05, 0) is 42.2 Å². The third kappa shape index (κ3) is 5.25. The van der Waals surface area contributed by atoms with Gasteiger partial charge in [0.15, 0.2) is 6.61 Å². The van der Waals surface area contributed by atoms with Crippen LogP contribution >= 0.6 is 0 Å². The average molecular weight is 397 g/mol. The first-order valence-corrected chi connectivity index (χ1v) is 9.98. The van der Waals surface area contributed by atoms with Gasteiger partial charge in [0.05, 0.1) is 4.92 Å². The fourth-order valence-electron chi connectivity index (χ4n) is 3.36. The summed E-state index contributed by atoms with van der Waals surface area (Å²) in [6.07, 6.45) is 1.09. The summed E-state index contributed by atoms with van der Waals surface area (Å²) in [5.41, 5.74) is 2.28. The molecule has 0 aromatic heterocycles. The summed E-state index contributed by atoms with van der Waals surface area (Å²) in [6.45, 7) is 6.96. The maximum absolute atomic E-state index is 12.5. The summed E-state index contributed by atoms with van der Waals surface area (Å²) in [4.78, 5) is 26.8. The number of nitro groups is 1. The Bertz CT molecular complexity index is 828. The van der Waals surface area contributed by atoms with Gasteiger partial charge in [-0.25, -0.2) is 0 Å². The number of amides is 1. The van der Waals surface area contributed by atoms with Crippen LogP contribution in [0.4, 0.5) is 11.4 Å². The fourth-order valence-corrected chi connectivity index (χ4v) is 3.36. The van der Waals surface area contributed by atoms with Crippen molar-refractivity contribution in [2.45, 2.75) is 26.2 Å². The molecule has 1 heterocycles. The Balaban J connectivity index is 1.46. The Labute approximate surface area is 171 Å². The van der Waals surface area contributed by atoms with Crippen LogP contribution in [0.1, 0.15) is 31.7 Å². The van der Waals surface area contributed by atoms with Crippen LogP contribution in [-0.2, 0) is 4.79 Å². The van der Waals surface area contributed by atoms with Crippen molar-refractivity contribution in [3.63, 3.8) is 0 Å². The Kier molecular flexibility index (Phi) is 6.69. The maximum Gasteiger partial charge on any atom is 0.269 e. The topological polar surface area (TPSA) is 75.9 Å². The van der Waals surface area contributed by atoms with Crippen molar-refractivity contribution in [1.29, 1.82) is 0 Å². The number of piperazine rings is 1. The van der Waals surface area contributed by atoms with Gasteiger partial charge >= 0.3 is 0 Å². The van der Waals surface area contributed by atoms with E-state index in [9.17, 15) is 14.9 Å². The van der Waals surface area contributed by atoms with Crippen LogP contribution < -0.4 is 9.64 Å². The smallest absolute Gasteiger partial charge is 0.269 e. The SMILES string of the molecule is CC[C@H](C)c1ccc(OCC(=O)N2CCN(c3ccc([N+](=O)[O-])cc3)CC2)cc1. The van der Waals surface area contributed by atoms with Gasteiger partial charge in [-0.3, -0.25) is 14.9 Å². The van der Waals surface area contributed by atoms with Gasteiger partial charge in [0.1, 0.15) is 5.75 Å². The first-order chi connectivity index (χ1) is 14.0. The van der Waals surface area contributed by atoms with E-state index in [-0.39, 0.29) is 18.2 Å². The summed E-state index contributed by atoms with van der Waals surface area (Å²) in [5, 5.41) is 10.8. The average Bonchev–Trinajstić information content (AvgIpc) is 2.77. The van der Waals surface area contributed by atoms with Crippen LogP contribution in [0.5, 0.6) is 5.75 Å². The molecule has 2 aromatic rings. The molecule has 3 rings (SSSR count). The molecule has 1 fully saturated rings. The van der Waals surface area contributed by atoms with Crippen molar-refractivity contribution >= 4 is 17.3 Å². The van der Waals surface area contributed by atoms with Crippen LogP contribution in [-0.4, -0.2) is 48.5 Å². The minimum Gasteiger partial charge on any atom is -0.484 e. The number of hydrogen-bond donors (Lipinski definition) is 0. The van der Waals surface area contributed by atoms with E-state index in [0.29, 0.717) is 37.8 Å². The predicted molar refractivity (Wildman–Crippen MR) is 113 cm³/mol. The van der Waals surface area contributed by atoms with Gasteiger partial charge in [-0.1, -0.05) is 26.0 Å². The zero-order valence-electron chi connectivity index (χ0n) is 16.9. The minimum atomic E-state index is -0.404. The zero-order chi connectivity index (χ0) is 20.8. The molecule has 154 valence electrons. The molecule has 7 heteroatoms. The molecular weight excluding hydrogens is 370 g/mol. The molecule has 0 bridgehead atoms. The van der Waals surface area contributed by atoms with Gasteiger partial charge in [0.2, 0.25) is 0 Å². The van der Waals surface area contributed by atoms with E-state index < -0.39 is 4.92 Å². The van der Waals surface area contributed by atoms with Crippen molar-refractivity contribution in [3.05, 3.63) is 64.2 Å². The Hall–Kier alpha value is -3.09. The summed E-state index contributed by atoms with van der Waals surface area (Å²) in [6, 6.07) is 14.5. The Morgan fingerprint density at radius 2 is 1.69 bits per heavy atom. The van der Waals surface area contributed by atoms with Crippen molar-refractivity contribution < 1.29 is 14.5 Å². The molecule has 2 aromatic carbocycles. The molecule has 0 spiro atoms. The van der Waals surface area contributed by atoms with E-state index in [2.05, 4.69) is 30.9 Å². The number of nitrogens with zero attached hydrogens (tertiary/aromatic N) is 3. The molecule has 0 unspecified atom stereocenters. The molecular formula is C22H27N3O4. The lowest BCUT2D eigenvalue weighted by atomic mass is 9.99. The van der Waals surface area contributed by atoms with Crippen LogP contribution in [0.3, 0.4) is 0 Å². The highest BCUT2D eigenvalue weighted by atomic mass is 16.6. The van der Waals surface area contributed by atoms with Crippen LogP contribution in [0.15, 0.2) is 48.5 Å². The molecule has 1 saturated heterocycles. The number of non-ortho nitro benzene ring substituents is 1. The lowest BCUT2D eigenvalue weighted by molar-refractivity contribution is -0.384. The highest BCUT2D eigenvalue weighted by Crippen LogP contribution is 2.22. The fraction of sp³-hybridized carbons (Fsp3) is 0.409. The predicted octanol–water partition coefficient (Wildman–Crippen LogP) is 3.84. The quantitative estimate of drug-likeness (QED) is 0.524. The van der Waals surface area contributed by atoms with E-state index >= 15 is 0 Å². The Morgan fingerprint density at radius 1 is 1.07 bits per heavy atom. The van der Waals surface area contributed by atoms with E-state index in [1.807, 2.05) is 12.1 Å². The number of anilines is 1. The highest BCUT2D eigenvalue weighted by Gasteiger charge is 2.22. The highest BCUT2D eigenvalue weighted by molar-refractivity contribution is 5.78. The molecule has 7 nitrogen and oxygen atoms in total. The van der Waals surface area contributed by atoms with E-state index in [0.717, 1.165) is 12.1 Å². The summed E-state index contributed by atoms with van der Waals surface area (Å²) < 4.78 is 5.67. The molecule has 29 heavy (non-hydrogen) atoms. The molecule has 0 N–H and O–H groups in total. The van der Waals surface area contributed by atoms with E-state index in [4.69, 9.17) is 4.74 Å². The van der Waals surface area contributed by atoms with Crippen LogP contribution in [0.2, 0.25) is 0 Å². The van der Waals surface area contributed by atoms with Crippen molar-refractivity contribution in [3.8, 4) is 5.75 Å². The number of carbonyl (C=O) groups is 1. The second-order valence-electron chi connectivity index (χ2n) is 7.31. The summed E-state index contributed by atoms with van der Waals surface area (Å²) in [7, 11) is 0. The summed E-state index contributed by atoms with van der Waals surface area (Å²) in [5.74, 6) is 1.19. The van der Waals surface area contributed by atoms with Gasteiger partial charge < -0.3 is 14.5 Å². The number of benzene rings is 2. The largest absolute Gasteiger partial charge is 0.484 e. The third-order valence-electron chi connectivity index (χ3n) is 5.48. The maximum atomic E-state index is 12.5. The minimum absolute atomic E-state index is 0.0280. The van der Waals surface area contributed by atoms with Crippen LogP contribution in [0, 0.1) is 10.1 Å². The van der Waals surface area contributed by atoms with Crippen molar-refractivity contribution in [1.82, 2.24) is 4.90 Å². The molecule has 1 aliphatic rings. The van der Waals surface area contributed by atoms with Crippen LogP contribution in [0.25, 0.3) is 0 Å². The monoisotopic (exact) mass is 397 g/mol. The lowest BCUT2D eigenvalue weighted by Crippen LogP contribution is -2.50. The number of nitro benzene ring substituents is 1. The lowest BCUT2D eigenvalue weighted by Gasteiger charge is -2.36. The first-order valence-electron chi connectivity index (χ1n) is 9.98. The van der Waals surface area contributed by atoms with E-state index in [1.54, 1.807) is 17.0 Å². The molecule has 1 atom stereocenters. The standard InChI is InChI=1S/C22H27N3O4/c1-3-17(2)18-4-10-21(11-5-18)29-16-22(26)24-14-12-23(13-15-24)19-6-8-20(9-7-19)25(27)28/h4-11,17H,3,12-16H2,1-2H3/t17-/m0/s1. The zero-order valence-corrected chi connectivity index (χ0v) is 16.9. The van der Waals surface area contributed by atoms with Gasteiger partial charge in [0.25, 0.3) is 11.6 Å². The third-order valence-corrected chi connectivity index (χ3v) is 5.48. The van der Waals surface area contributed by atoms with Gasteiger partial charge in [-0.2, -0.15) is 0 Å². The number of rotatable bonds is 7. The second-order valence-corrected chi connectivity index (χ2v) is 7.31. The van der Waals surface area contributed by atoms with Crippen molar-refractivity contribution in [2.75, 3.05) is 37.7 Å². The molecule has 1 aliphatic heterocycles. The first kappa shape index (κ1) is 20.6. The van der Waals surface area contributed by atoms with E-state index in [1.165, 1.54) is 17.7 Å². The normalized spacial score (nSPS) is 15.1. The van der Waals surface area contributed by atoms with Gasteiger partial charge in [0, 0.05) is 44.0 Å². The number of carbonyl (C=O) groups excluding carboxylic acids is 1. The molecule has 0 radical (unpaired) electrons. The summed E-state index contributed by atoms with van der Waals surface area (Å²) >= 11 is 0. The van der Waals surface area contributed by atoms with Crippen molar-refractivity contribution in [2.24, 2.45) is 0 Å². The molecule has 1 amide bonds. The molecule has 0 saturated carbocycles.